The number of hydrogen-bond donors (Lipinski definition) is 0. The molecule has 0 atom stereocenters. The molecule has 21 heavy (non-hydrogen) atoms. The second-order valence-corrected chi connectivity index (χ2v) is 4.93. The number of benzene rings is 1. The molecule has 3 aromatic rings. The fraction of sp³-hybridized carbons (Fsp3) is 0.167. The molecule has 3 nitrogen and oxygen atoms in total. The maximum Gasteiger partial charge on any atom is 0.210 e. The molecule has 2 aromatic heterocycles. The number of nitrogens with zero attached hydrogens (tertiary/aromatic N) is 1. The lowest BCUT2D eigenvalue weighted by Gasteiger charge is -2.06. The van der Waals surface area contributed by atoms with Crippen molar-refractivity contribution >= 4 is 11.3 Å². The van der Waals surface area contributed by atoms with Gasteiger partial charge in [-0.3, -0.25) is 4.79 Å². The molecule has 0 aliphatic carbocycles. The zero-order chi connectivity index (χ0) is 14.8. The van der Waals surface area contributed by atoms with Crippen LogP contribution in [0.3, 0.4) is 0 Å². The smallest absolute Gasteiger partial charge is 0.210 e. The van der Waals surface area contributed by atoms with Crippen molar-refractivity contribution in [2.75, 3.05) is 7.11 Å². The number of ether oxygens (including phenoxy) is 1. The van der Waals surface area contributed by atoms with E-state index in [0.717, 1.165) is 28.9 Å². The van der Waals surface area contributed by atoms with Crippen LogP contribution in [0.2, 0.25) is 0 Å². The van der Waals surface area contributed by atoms with Gasteiger partial charge in [0.1, 0.15) is 5.75 Å². The lowest BCUT2D eigenvalue weighted by molar-refractivity contribution is 0.103. The Morgan fingerprint density at radius 1 is 1.14 bits per heavy atom. The minimum Gasteiger partial charge on any atom is -0.497 e. The third kappa shape index (κ3) is 2.31. The average molecular weight is 279 g/mol. The summed E-state index contributed by atoms with van der Waals surface area (Å²) in [7, 11) is 1.64. The van der Waals surface area contributed by atoms with Crippen LogP contribution in [0.4, 0.5) is 0 Å². The van der Waals surface area contributed by atoms with Gasteiger partial charge in [-0.15, -0.1) is 0 Å². The minimum absolute atomic E-state index is 0.0533. The Morgan fingerprint density at radius 2 is 1.90 bits per heavy atom. The SMILES string of the molecule is CCc1cc2cc(OC)ccn2c1C(=O)c1ccccc1. The summed E-state index contributed by atoms with van der Waals surface area (Å²) in [5.41, 5.74) is 3.48. The van der Waals surface area contributed by atoms with Gasteiger partial charge in [-0.05, 0) is 24.1 Å². The van der Waals surface area contributed by atoms with Crippen molar-refractivity contribution in [3.63, 3.8) is 0 Å². The van der Waals surface area contributed by atoms with Crippen molar-refractivity contribution in [2.45, 2.75) is 13.3 Å². The standard InChI is InChI=1S/C18H17NO2/c1-3-13-11-15-12-16(21-2)9-10-19(15)17(13)18(20)14-7-5-4-6-8-14/h4-12H,3H2,1-2H3. The average Bonchev–Trinajstić information content (AvgIpc) is 2.92. The summed E-state index contributed by atoms with van der Waals surface area (Å²) in [6, 6.07) is 15.3. The maximum atomic E-state index is 12.8. The minimum atomic E-state index is 0.0533. The number of aromatic nitrogens is 1. The van der Waals surface area contributed by atoms with E-state index in [0.29, 0.717) is 5.56 Å². The van der Waals surface area contributed by atoms with Gasteiger partial charge in [0.15, 0.2) is 0 Å². The summed E-state index contributed by atoms with van der Waals surface area (Å²) < 4.78 is 7.19. The van der Waals surface area contributed by atoms with Crippen LogP contribution < -0.4 is 4.74 Å². The summed E-state index contributed by atoms with van der Waals surface area (Å²) in [6.45, 7) is 2.06. The van der Waals surface area contributed by atoms with Gasteiger partial charge in [-0.25, -0.2) is 0 Å². The normalized spacial score (nSPS) is 10.8. The Bertz CT molecular complexity index is 788. The van der Waals surface area contributed by atoms with Gasteiger partial charge in [0, 0.05) is 23.3 Å². The summed E-state index contributed by atoms with van der Waals surface area (Å²) in [5.74, 6) is 0.846. The lowest BCUT2D eigenvalue weighted by Crippen LogP contribution is -2.07. The van der Waals surface area contributed by atoms with Gasteiger partial charge >= 0.3 is 0 Å². The molecule has 2 heterocycles. The summed E-state index contributed by atoms with van der Waals surface area (Å²) in [5, 5.41) is 0. The molecule has 0 saturated carbocycles. The molecule has 3 rings (SSSR count). The van der Waals surface area contributed by atoms with Crippen LogP contribution in [0.15, 0.2) is 54.7 Å². The van der Waals surface area contributed by atoms with Crippen LogP contribution in [0.5, 0.6) is 5.75 Å². The van der Waals surface area contributed by atoms with E-state index in [1.165, 1.54) is 0 Å². The molecule has 0 N–H and O–H groups in total. The molecule has 0 radical (unpaired) electrons. The first kappa shape index (κ1) is 13.4. The first-order chi connectivity index (χ1) is 10.2. The van der Waals surface area contributed by atoms with Gasteiger partial charge in [0.2, 0.25) is 5.78 Å². The predicted octanol–water partition coefficient (Wildman–Crippen LogP) is 3.74. The van der Waals surface area contributed by atoms with Crippen molar-refractivity contribution < 1.29 is 9.53 Å². The van der Waals surface area contributed by atoms with Crippen LogP contribution in [0, 0.1) is 0 Å². The van der Waals surface area contributed by atoms with Gasteiger partial charge in [0.25, 0.3) is 0 Å². The lowest BCUT2D eigenvalue weighted by atomic mass is 10.0. The van der Waals surface area contributed by atoms with Crippen LogP contribution in [0.1, 0.15) is 28.5 Å². The molecule has 0 amide bonds. The topological polar surface area (TPSA) is 30.7 Å². The molecule has 0 aliphatic heterocycles. The number of fused-ring (bicyclic) bond motifs is 1. The van der Waals surface area contributed by atoms with E-state index in [9.17, 15) is 4.79 Å². The summed E-state index contributed by atoms with van der Waals surface area (Å²) >= 11 is 0. The van der Waals surface area contributed by atoms with E-state index in [-0.39, 0.29) is 5.78 Å². The highest BCUT2D eigenvalue weighted by atomic mass is 16.5. The Morgan fingerprint density at radius 3 is 2.57 bits per heavy atom. The summed E-state index contributed by atoms with van der Waals surface area (Å²) in [4.78, 5) is 12.8. The monoisotopic (exact) mass is 279 g/mol. The third-order valence-corrected chi connectivity index (χ3v) is 3.69. The van der Waals surface area contributed by atoms with E-state index in [2.05, 4.69) is 13.0 Å². The van der Waals surface area contributed by atoms with Gasteiger partial charge in [-0.2, -0.15) is 0 Å². The molecule has 3 heteroatoms. The van der Waals surface area contributed by atoms with E-state index in [1.54, 1.807) is 7.11 Å². The second kappa shape index (κ2) is 5.44. The Balaban J connectivity index is 2.19. The van der Waals surface area contributed by atoms with E-state index in [4.69, 9.17) is 4.74 Å². The van der Waals surface area contributed by atoms with Gasteiger partial charge in [0.05, 0.1) is 12.8 Å². The number of hydrogen-bond acceptors (Lipinski definition) is 2. The highest BCUT2D eigenvalue weighted by molar-refractivity contribution is 6.09. The van der Waals surface area contributed by atoms with Crippen LogP contribution in [-0.2, 0) is 6.42 Å². The zero-order valence-corrected chi connectivity index (χ0v) is 12.2. The fourth-order valence-electron chi connectivity index (χ4n) is 2.59. The largest absolute Gasteiger partial charge is 0.497 e. The third-order valence-electron chi connectivity index (χ3n) is 3.69. The first-order valence-electron chi connectivity index (χ1n) is 7.02. The number of carbonyl (C=O) groups excluding carboxylic acids is 1. The molecule has 0 unspecified atom stereocenters. The van der Waals surface area contributed by atoms with Crippen LogP contribution in [0.25, 0.3) is 5.52 Å². The molecular weight excluding hydrogens is 262 g/mol. The maximum absolute atomic E-state index is 12.8. The molecule has 0 aliphatic rings. The Hall–Kier alpha value is -2.55. The number of methoxy groups -OCH3 is 1. The summed E-state index contributed by atoms with van der Waals surface area (Å²) in [6.07, 6.45) is 2.71. The number of pyridine rings is 1. The van der Waals surface area contributed by atoms with Crippen molar-refractivity contribution in [2.24, 2.45) is 0 Å². The number of aryl methyl sites for hydroxylation is 1. The van der Waals surface area contributed by atoms with Crippen LogP contribution in [-0.4, -0.2) is 17.3 Å². The number of rotatable bonds is 4. The van der Waals surface area contributed by atoms with Crippen molar-refractivity contribution in [1.29, 1.82) is 0 Å². The molecule has 0 saturated heterocycles. The molecule has 106 valence electrons. The first-order valence-corrected chi connectivity index (χ1v) is 7.02. The highest BCUT2D eigenvalue weighted by Gasteiger charge is 2.18. The predicted molar refractivity (Wildman–Crippen MR) is 83.2 cm³/mol. The molecular formula is C18H17NO2. The number of carbonyl (C=O) groups is 1. The Kier molecular flexibility index (Phi) is 3.48. The zero-order valence-electron chi connectivity index (χ0n) is 12.2. The Labute approximate surface area is 123 Å². The molecule has 0 spiro atoms. The fourth-order valence-corrected chi connectivity index (χ4v) is 2.59. The van der Waals surface area contributed by atoms with Crippen molar-refractivity contribution in [3.05, 3.63) is 71.5 Å². The van der Waals surface area contributed by atoms with Crippen LogP contribution >= 0.6 is 0 Å². The van der Waals surface area contributed by atoms with Gasteiger partial charge < -0.3 is 9.14 Å². The number of ketones is 1. The molecule has 1 aromatic carbocycles. The van der Waals surface area contributed by atoms with E-state index >= 15 is 0 Å². The van der Waals surface area contributed by atoms with Crippen molar-refractivity contribution in [1.82, 2.24) is 4.40 Å². The van der Waals surface area contributed by atoms with Crippen molar-refractivity contribution in [3.8, 4) is 5.75 Å². The van der Waals surface area contributed by atoms with E-state index < -0.39 is 0 Å². The molecule has 0 fully saturated rings. The quantitative estimate of drug-likeness (QED) is 0.681. The highest BCUT2D eigenvalue weighted by Crippen LogP contribution is 2.24. The second-order valence-electron chi connectivity index (χ2n) is 4.93. The van der Waals surface area contributed by atoms with E-state index in [1.807, 2.05) is 53.1 Å². The molecule has 0 bridgehead atoms. The van der Waals surface area contributed by atoms with Gasteiger partial charge in [-0.1, -0.05) is 37.3 Å².